The number of nitrogens with one attached hydrogen (secondary N) is 1. The topological polar surface area (TPSA) is 24.5 Å². The molecular weight excluding hydrogens is 243 g/mol. The van der Waals surface area contributed by atoms with Gasteiger partial charge in [0, 0.05) is 38.5 Å². The Hall–Kier alpha value is -1.13. The van der Waals surface area contributed by atoms with Crippen molar-refractivity contribution in [3.8, 4) is 0 Å². The van der Waals surface area contributed by atoms with Gasteiger partial charge in [-0.05, 0) is 30.2 Å². The molecule has 4 heteroatoms. The highest BCUT2D eigenvalue weighted by Crippen LogP contribution is 2.26. The van der Waals surface area contributed by atoms with Gasteiger partial charge in [0.1, 0.15) is 5.82 Å². The van der Waals surface area contributed by atoms with E-state index in [0.29, 0.717) is 12.6 Å². The molecule has 106 valence electrons. The van der Waals surface area contributed by atoms with Gasteiger partial charge in [0.25, 0.3) is 0 Å². The third-order valence-electron chi connectivity index (χ3n) is 3.56. The molecule has 0 bridgehead atoms. The number of hydrogen-bond donors (Lipinski definition) is 1. The minimum Gasteiger partial charge on any atom is -0.380 e. The predicted octanol–water partition coefficient (Wildman–Crippen LogP) is 2.55. The number of rotatable bonds is 5. The lowest BCUT2D eigenvalue weighted by molar-refractivity contribution is 0.121. The van der Waals surface area contributed by atoms with E-state index in [-0.39, 0.29) is 11.9 Å². The van der Waals surface area contributed by atoms with Gasteiger partial charge in [0.05, 0.1) is 6.10 Å². The molecule has 1 N–H and O–H groups in total. The average Bonchev–Trinajstić information content (AvgIpc) is 2.85. The molecule has 1 aromatic carbocycles. The molecule has 1 saturated heterocycles. The Morgan fingerprint density at radius 1 is 1.47 bits per heavy atom. The van der Waals surface area contributed by atoms with Crippen LogP contribution in [0.3, 0.4) is 0 Å². The predicted molar refractivity (Wildman–Crippen MR) is 76.0 cm³/mol. The number of halogens is 1. The molecule has 0 aliphatic carbocycles. The molecule has 0 spiro atoms. The summed E-state index contributed by atoms with van der Waals surface area (Å²) < 4.78 is 18.8. The first-order chi connectivity index (χ1) is 9.10. The molecule has 0 aromatic heterocycles. The number of benzene rings is 1. The van der Waals surface area contributed by atoms with Crippen molar-refractivity contribution in [1.82, 2.24) is 5.32 Å². The fraction of sp³-hybridized carbons (Fsp3) is 0.600. The monoisotopic (exact) mass is 266 g/mol. The molecule has 2 rings (SSSR count). The van der Waals surface area contributed by atoms with Crippen molar-refractivity contribution < 1.29 is 9.13 Å². The zero-order valence-electron chi connectivity index (χ0n) is 11.9. The van der Waals surface area contributed by atoms with Crippen molar-refractivity contribution in [3.05, 3.63) is 29.6 Å². The normalized spacial score (nSPS) is 19.4. The summed E-state index contributed by atoms with van der Waals surface area (Å²) in [6.45, 7) is 6.74. The van der Waals surface area contributed by atoms with Crippen LogP contribution in [0.2, 0.25) is 0 Å². The summed E-state index contributed by atoms with van der Waals surface area (Å²) in [5.41, 5.74) is 2.14. The van der Waals surface area contributed by atoms with E-state index in [1.165, 1.54) is 6.07 Å². The molecule has 1 atom stereocenters. The van der Waals surface area contributed by atoms with E-state index in [4.69, 9.17) is 4.74 Å². The summed E-state index contributed by atoms with van der Waals surface area (Å²) in [6, 6.07) is 5.44. The maximum absolute atomic E-state index is 13.4. The summed E-state index contributed by atoms with van der Waals surface area (Å²) in [6.07, 6.45) is 1.32. The van der Waals surface area contributed by atoms with Crippen LogP contribution in [0.25, 0.3) is 0 Å². The second-order valence-electron chi connectivity index (χ2n) is 5.40. The molecule has 1 fully saturated rings. The highest BCUT2D eigenvalue weighted by molar-refractivity contribution is 5.54. The quantitative estimate of drug-likeness (QED) is 0.886. The highest BCUT2D eigenvalue weighted by Gasteiger charge is 2.24. The Morgan fingerprint density at radius 3 is 2.89 bits per heavy atom. The van der Waals surface area contributed by atoms with Crippen molar-refractivity contribution in [1.29, 1.82) is 0 Å². The second kappa shape index (κ2) is 6.35. The second-order valence-corrected chi connectivity index (χ2v) is 5.40. The van der Waals surface area contributed by atoms with Crippen LogP contribution in [-0.2, 0) is 11.3 Å². The fourth-order valence-corrected chi connectivity index (χ4v) is 2.46. The van der Waals surface area contributed by atoms with E-state index in [2.05, 4.69) is 24.1 Å². The minimum atomic E-state index is -0.174. The lowest BCUT2D eigenvalue weighted by Gasteiger charge is -2.22. The lowest BCUT2D eigenvalue weighted by atomic mass is 10.1. The first-order valence-corrected chi connectivity index (χ1v) is 6.89. The van der Waals surface area contributed by atoms with E-state index in [0.717, 1.165) is 30.8 Å². The summed E-state index contributed by atoms with van der Waals surface area (Å²) >= 11 is 0. The summed E-state index contributed by atoms with van der Waals surface area (Å²) in [7, 11) is 1.75. The number of methoxy groups -OCH3 is 1. The van der Waals surface area contributed by atoms with Gasteiger partial charge in [-0.3, -0.25) is 0 Å². The van der Waals surface area contributed by atoms with Gasteiger partial charge < -0.3 is 15.0 Å². The third kappa shape index (κ3) is 3.67. The first-order valence-electron chi connectivity index (χ1n) is 6.89. The van der Waals surface area contributed by atoms with Gasteiger partial charge in [-0.1, -0.05) is 13.8 Å². The first kappa shape index (κ1) is 14.3. The van der Waals surface area contributed by atoms with Crippen molar-refractivity contribution in [2.45, 2.75) is 39.0 Å². The molecule has 1 aliphatic heterocycles. The fourth-order valence-electron chi connectivity index (χ4n) is 2.46. The molecule has 1 heterocycles. The van der Waals surface area contributed by atoms with Crippen molar-refractivity contribution in [2.24, 2.45) is 0 Å². The molecule has 3 nitrogen and oxygen atoms in total. The van der Waals surface area contributed by atoms with Crippen LogP contribution in [0, 0.1) is 5.82 Å². The zero-order valence-corrected chi connectivity index (χ0v) is 11.9. The van der Waals surface area contributed by atoms with Crippen molar-refractivity contribution in [3.63, 3.8) is 0 Å². The molecular formula is C15H23FN2O. The molecule has 1 unspecified atom stereocenters. The SMILES string of the molecule is COC1CCN(c2ccc(F)cc2CNC(C)C)C1. The Labute approximate surface area is 114 Å². The Bertz CT molecular complexity index is 423. The average molecular weight is 266 g/mol. The number of anilines is 1. The smallest absolute Gasteiger partial charge is 0.123 e. The summed E-state index contributed by atoms with van der Waals surface area (Å²) in [4.78, 5) is 2.28. The number of nitrogens with zero attached hydrogens (tertiary/aromatic N) is 1. The van der Waals surface area contributed by atoms with E-state index < -0.39 is 0 Å². The van der Waals surface area contributed by atoms with Crippen LogP contribution < -0.4 is 10.2 Å². The van der Waals surface area contributed by atoms with Gasteiger partial charge in [-0.15, -0.1) is 0 Å². The molecule has 1 aliphatic rings. The molecule has 1 aromatic rings. The van der Waals surface area contributed by atoms with Crippen LogP contribution in [0.15, 0.2) is 18.2 Å². The lowest BCUT2D eigenvalue weighted by Crippen LogP contribution is -2.26. The Kier molecular flexibility index (Phi) is 4.77. The number of hydrogen-bond acceptors (Lipinski definition) is 3. The third-order valence-corrected chi connectivity index (χ3v) is 3.56. The molecule has 0 radical (unpaired) electrons. The molecule has 0 saturated carbocycles. The van der Waals surface area contributed by atoms with Crippen LogP contribution in [0.1, 0.15) is 25.8 Å². The molecule has 0 amide bonds. The van der Waals surface area contributed by atoms with E-state index in [1.807, 2.05) is 6.07 Å². The van der Waals surface area contributed by atoms with Gasteiger partial charge in [-0.2, -0.15) is 0 Å². The van der Waals surface area contributed by atoms with E-state index >= 15 is 0 Å². The van der Waals surface area contributed by atoms with Crippen molar-refractivity contribution >= 4 is 5.69 Å². The standard InChI is InChI=1S/C15H23FN2O/c1-11(2)17-9-12-8-13(16)4-5-15(12)18-7-6-14(10-18)19-3/h4-5,8,11,14,17H,6-7,9-10H2,1-3H3. The summed E-state index contributed by atoms with van der Waals surface area (Å²) in [5.74, 6) is -0.174. The Balaban J connectivity index is 2.14. The highest BCUT2D eigenvalue weighted by atomic mass is 19.1. The van der Waals surface area contributed by atoms with Gasteiger partial charge in [0.2, 0.25) is 0 Å². The number of ether oxygens (including phenoxy) is 1. The minimum absolute atomic E-state index is 0.174. The maximum Gasteiger partial charge on any atom is 0.123 e. The Morgan fingerprint density at radius 2 is 2.26 bits per heavy atom. The van der Waals surface area contributed by atoms with E-state index in [9.17, 15) is 4.39 Å². The van der Waals surface area contributed by atoms with Crippen molar-refractivity contribution in [2.75, 3.05) is 25.1 Å². The summed E-state index contributed by atoms with van der Waals surface area (Å²) in [5, 5.41) is 3.35. The van der Waals surface area contributed by atoms with E-state index in [1.54, 1.807) is 13.2 Å². The van der Waals surface area contributed by atoms with Crippen LogP contribution in [0.5, 0.6) is 0 Å². The van der Waals surface area contributed by atoms with Gasteiger partial charge >= 0.3 is 0 Å². The van der Waals surface area contributed by atoms with Gasteiger partial charge in [-0.25, -0.2) is 4.39 Å². The largest absolute Gasteiger partial charge is 0.380 e. The van der Waals surface area contributed by atoms with Gasteiger partial charge in [0.15, 0.2) is 0 Å². The molecule has 19 heavy (non-hydrogen) atoms. The van der Waals surface area contributed by atoms with Crippen LogP contribution in [0.4, 0.5) is 10.1 Å². The maximum atomic E-state index is 13.4. The zero-order chi connectivity index (χ0) is 13.8. The van der Waals surface area contributed by atoms with Crippen LogP contribution >= 0.6 is 0 Å². The van der Waals surface area contributed by atoms with Crippen LogP contribution in [-0.4, -0.2) is 32.3 Å².